The number of esters is 1. The lowest BCUT2D eigenvalue weighted by Gasteiger charge is -2.41. The fourth-order valence-electron chi connectivity index (χ4n) is 4.34. The molecule has 30 heavy (non-hydrogen) atoms. The number of nitrogens with zero attached hydrogens (tertiary/aromatic N) is 2. The zero-order valence-corrected chi connectivity index (χ0v) is 17.9. The van der Waals surface area contributed by atoms with E-state index in [0.29, 0.717) is 26.0 Å². The summed E-state index contributed by atoms with van der Waals surface area (Å²) < 4.78 is 5.46. The van der Waals surface area contributed by atoms with Crippen LogP contribution in [-0.4, -0.2) is 41.5 Å². The molecule has 0 N–H and O–H groups in total. The second-order valence-corrected chi connectivity index (χ2v) is 8.11. The van der Waals surface area contributed by atoms with E-state index in [1.54, 1.807) is 12.4 Å². The number of aryl methyl sites for hydroxylation is 2. The summed E-state index contributed by atoms with van der Waals surface area (Å²) in [6.07, 6.45) is 8.85. The highest BCUT2D eigenvalue weighted by Gasteiger charge is 2.44. The molecule has 1 aliphatic heterocycles. The van der Waals surface area contributed by atoms with E-state index in [1.807, 2.05) is 42.2 Å². The maximum atomic E-state index is 12.9. The van der Waals surface area contributed by atoms with Crippen molar-refractivity contribution in [3.63, 3.8) is 0 Å². The molecule has 1 aromatic heterocycles. The van der Waals surface area contributed by atoms with Gasteiger partial charge in [-0.1, -0.05) is 30.3 Å². The van der Waals surface area contributed by atoms with Crippen molar-refractivity contribution in [1.29, 1.82) is 0 Å². The van der Waals surface area contributed by atoms with Crippen LogP contribution in [0.1, 0.15) is 50.2 Å². The summed E-state index contributed by atoms with van der Waals surface area (Å²) in [4.78, 5) is 31.7. The number of hydrogen-bond acceptors (Lipinski definition) is 4. The van der Waals surface area contributed by atoms with Gasteiger partial charge in [0, 0.05) is 31.9 Å². The number of aromatic nitrogens is 1. The molecule has 160 valence electrons. The first kappa shape index (κ1) is 22.0. The van der Waals surface area contributed by atoms with Gasteiger partial charge in [-0.3, -0.25) is 14.6 Å². The second kappa shape index (κ2) is 10.9. The summed E-state index contributed by atoms with van der Waals surface area (Å²) in [5, 5.41) is 0. The number of pyridine rings is 1. The molecular formula is C25H32N2O3. The Labute approximate surface area is 179 Å². The van der Waals surface area contributed by atoms with Crippen LogP contribution in [0.25, 0.3) is 0 Å². The third-order valence-corrected chi connectivity index (χ3v) is 5.98. The van der Waals surface area contributed by atoms with Gasteiger partial charge in [0.1, 0.15) is 0 Å². The van der Waals surface area contributed by atoms with Crippen LogP contribution < -0.4 is 0 Å². The molecule has 5 heteroatoms. The average molecular weight is 409 g/mol. The van der Waals surface area contributed by atoms with Crippen molar-refractivity contribution in [3.05, 3.63) is 66.0 Å². The van der Waals surface area contributed by atoms with Gasteiger partial charge in [-0.2, -0.15) is 0 Å². The summed E-state index contributed by atoms with van der Waals surface area (Å²) in [5.41, 5.74) is 1.79. The Morgan fingerprint density at radius 1 is 1.07 bits per heavy atom. The molecule has 0 saturated carbocycles. The molecule has 2 aromatic rings. The van der Waals surface area contributed by atoms with Crippen LogP contribution >= 0.6 is 0 Å². The quantitative estimate of drug-likeness (QED) is 0.583. The van der Waals surface area contributed by atoms with Gasteiger partial charge in [-0.05, 0) is 68.7 Å². The number of carbonyl (C=O) groups is 2. The van der Waals surface area contributed by atoms with Crippen molar-refractivity contribution in [2.75, 3.05) is 19.7 Å². The van der Waals surface area contributed by atoms with Gasteiger partial charge in [0.05, 0.1) is 12.0 Å². The Bertz CT molecular complexity index is 810. The first-order chi connectivity index (χ1) is 14.6. The lowest BCUT2D eigenvalue weighted by Crippen LogP contribution is -2.50. The summed E-state index contributed by atoms with van der Waals surface area (Å²) in [6, 6.07) is 14.2. The van der Waals surface area contributed by atoms with Crippen LogP contribution in [0.2, 0.25) is 0 Å². The number of hydrogen-bond donors (Lipinski definition) is 0. The molecule has 1 saturated heterocycles. The molecule has 1 fully saturated rings. The van der Waals surface area contributed by atoms with Crippen LogP contribution in [0.3, 0.4) is 0 Å². The van der Waals surface area contributed by atoms with Gasteiger partial charge < -0.3 is 9.64 Å². The lowest BCUT2D eigenvalue weighted by molar-refractivity contribution is -0.161. The highest BCUT2D eigenvalue weighted by molar-refractivity contribution is 5.81. The van der Waals surface area contributed by atoms with Crippen molar-refractivity contribution in [2.24, 2.45) is 5.41 Å². The molecule has 1 atom stereocenters. The van der Waals surface area contributed by atoms with E-state index in [0.717, 1.165) is 44.2 Å². The van der Waals surface area contributed by atoms with Gasteiger partial charge in [-0.15, -0.1) is 0 Å². The van der Waals surface area contributed by atoms with Gasteiger partial charge in [0.2, 0.25) is 5.91 Å². The van der Waals surface area contributed by atoms with E-state index in [9.17, 15) is 9.59 Å². The molecule has 3 rings (SSSR count). The van der Waals surface area contributed by atoms with Crippen LogP contribution in [0.5, 0.6) is 0 Å². The third kappa shape index (κ3) is 5.91. The highest BCUT2D eigenvalue weighted by atomic mass is 16.5. The van der Waals surface area contributed by atoms with E-state index in [-0.39, 0.29) is 11.9 Å². The number of likely N-dealkylation sites (tertiary alicyclic amines) is 1. The van der Waals surface area contributed by atoms with E-state index in [1.165, 1.54) is 5.56 Å². The average Bonchev–Trinajstić information content (AvgIpc) is 2.79. The number of carbonyl (C=O) groups excluding carboxylic acids is 2. The zero-order valence-electron chi connectivity index (χ0n) is 17.9. The monoisotopic (exact) mass is 408 g/mol. The van der Waals surface area contributed by atoms with Gasteiger partial charge in [-0.25, -0.2) is 0 Å². The van der Waals surface area contributed by atoms with Crippen molar-refractivity contribution < 1.29 is 14.3 Å². The minimum Gasteiger partial charge on any atom is -0.466 e. The number of rotatable bonds is 9. The Morgan fingerprint density at radius 3 is 2.53 bits per heavy atom. The summed E-state index contributed by atoms with van der Waals surface area (Å²) in [5.74, 6) is -0.0343. The van der Waals surface area contributed by atoms with E-state index in [4.69, 9.17) is 4.74 Å². The minimum atomic E-state index is -0.588. The normalized spacial score (nSPS) is 18.8. The van der Waals surface area contributed by atoms with Crippen LogP contribution in [0.15, 0.2) is 54.9 Å². The Kier molecular flexibility index (Phi) is 8.00. The van der Waals surface area contributed by atoms with Crippen molar-refractivity contribution >= 4 is 11.9 Å². The molecule has 0 aliphatic carbocycles. The Balaban J connectivity index is 1.62. The van der Waals surface area contributed by atoms with Crippen LogP contribution in [-0.2, 0) is 27.2 Å². The first-order valence-corrected chi connectivity index (χ1v) is 11.0. The molecule has 1 amide bonds. The van der Waals surface area contributed by atoms with Gasteiger partial charge in [0.25, 0.3) is 0 Å². The Morgan fingerprint density at radius 2 is 1.80 bits per heavy atom. The second-order valence-electron chi connectivity index (χ2n) is 8.11. The van der Waals surface area contributed by atoms with Gasteiger partial charge >= 0.3 is 5.97 Å². The molecule has 0 radical (unpaired) electrons. The van der Waals surface area contributed by atoms with E-state index in [2.05, 4.69) is 17.1 Å². The molecule has 1 unspecified atom stereocenters. The molecule has 2 heterocycles. The van der Waals surface area contributed by atoms with Crippen molar-refractivity contribution in [1.82, 2.24) is 9.88 Å². The number of ether oxygens (including phenoxy) is 1. The molecular weight excluding hydrogens is 376 g/mol. The molecule has 0 bridgehead atoms. The zero-order chi connectivity index (χ0) is 21.2. The largest absolute Gasteiger partial charge is 0.466 e. The number of amides is 1. The fourth-order valence-corrected chi connectivity index (χ4v) is 4.34. The number of benzene rings is 1. The molecule has 0 spiro atoms. The fraction of sp³-hybridized carbons (Fsp3) is 0.480. The predicted molar refractivity (Wildman–Crippen MR) is 117 cm³/mol. The van der Waals surface area contributed by atoms with Crippen molar-refractivity contribution in [3.8, 4) is 0 Å². The molecule has 1 aromatic carbocycles. The van der Waals surface area contributed by atoms with Gasteiger partial charge in [0.15, 0.2) is 0 Å². The summed E-state index contributed by atoms with van der Waals surface area (Å²) in [7, 11) is 0. The lowest BCUT2D eigenvalue weighted by atomic mass is 9.75. The predicted octanol–water partition coefficient (Wildman–Crippen LogP) is 4.21. The SMILES string of the molecule is CCOC(=O)C1(CCCc2ccccc2)CCCN(C(=O)CCc2ccncc2)C1. The van der Waals surface area contributed by atoms with Crippen molar-refractivity contribution in [2.45, 2.75) is 51.9 Å². The number of piperidine rings is 1. The van der Waals surface area contributed by atoms with Crippen LogP contribution in [0, 0.1) is 5.41 Å². The third-order valence-electron chi connectivity index (χ3n) is 5.98. The highest BCUT2D eigenvalue weighted by Crippen LogP contribution is 2.37. The van der Waals surface area contributed by atoms with E-state index < -0.39 is 5.41 Å². The molecule has 1 aliphatic rings. The first-order valence-electron chi connectivity index (χ1n) is 11.0. The van der Waals surface area contributed by atoms with Crippen LogP contribution in [0.4, 0.5) is 0 Å². The maximum absolute atomic E-state index is 12.9. The minimum absolute atomic E-state index is 0.114. The smallest absolute Gasteiger partial charge is 0.313 e. The summed E-state index contributed by atoms with van der Waals surface area (Å²) in [6.45, 7) is 3.40. The summed E-state index contributed by atoms with van der Waals surface area (Å²) >= 11 is 0. The Hall–Kier alpha value is -2.69. The standard InChI is InChI=1S/C25H32N2O3/c1-2-30-24(29)25(15-6-10-21-8-4-3-5-9-21)16-7-19-27(20-25)23(28)12-11-22-13-17-26-18-14-22/h3-5,8-9,13-14,17-18H,2,6-7,10-12,15-16,19-20H2,1H3. The maximum Gasteiger partial charge on any atom is 0.313 e. The van der Waals surface area contributed by atoms with E-state index >= 15 is 0 Å². The topological polar surface area (TPSA) is 59.5 Å². The molecule has 5 nitrogen and oxygen atoms in total.